The van der Waals surface area contributed by atoms with Gasteiger partial charge in [-0.1, -0.05) is 0 Å². The highest BCUT2D eigenvalue weighted by molar-refractivity contribution is 5.85. The molecule has 2 saturated heterocycles. The fourth-order valence-electron chi connectivity index (χ4n) is 2.30. The summed E-state index contributed by atoms with van der Waals surface area (Å²) in [5.41, 5.74) is 0. The Morgan fingerprint density at radius 2 is 1.38 bits per heavy atom. The van der Waals surface area contributed by atoms with E-state index >= 15 is 0 Å². The molecular formula is C11H11F9N2O2. The van der Waals surface area contributed by atoms with Crippen LogP contribution >= 0.6 is 0 Å². The van der Waals surface area contributed by atoms with Crippen LogP contribution in [0.4, 0.5) is 39.5 Å². The molecule has 4 nitrogen and oxygen atoms in total. The van der Waals surface area contributed by atoms with Gasteiger partial charge in [-0.25, -0.2) is 0 Å². The van der Waals surface area contributed by atoms with Crippen LogP contribution in [0.15, 0.2) is 0 Å². The molecule has 2 rings (SSSR count). The minimum Gasteiger partial charge on any atom is -0.335 e. The Morgan fingerprint density at radius 3 is 1.75 bits per heavy atom. The van der Waals surface area contributed by atoms with Gasteiger partial charge in [0.15, 0.2) is 0 Å². The molecule has 13 heteroatoms. The molecule has 0 N–H and O–H groups in total. The normalized spacial score (nSPS) is 32.8. The number of ether oxygens (including phenoxy) is 1. The van der Waals surface area contributed by atoms with E-state index in [1.165, 1.54) is 7.05 Å². The summed E-state index contributed by atoms with van der Waals surface area (Å²) in [7, 11) is 1.53. The van der Waals surface area contributed by atoms with Gasteiger partial charge in [0.05, 0.1) is 0 Å². The molecule has 0 bridgehead atoms. The lowest BCUT2D eigenvalue weighted by Gasteiger charge is -2.38. The van der Waals surface area contributed by atoms with Crippen LogP contribution in [0.2, 0.25) is 0 Å². The predicted molar refractivity (Wildman–Crippen MR) is 58.8 cm³/mol. The molecule has 0 unspecified atom stereocenters. The molecule has 0 saturated carbocycles. The van der Waals surface area contributed by atoms with Crippen LogP contribution in [0.3, 0.4) is 0 Å². The van der Waals surface area contributed by atoms with Crippen molar-refractivity contribution in [1.29, 1.82) is 0 Å². The SMILES string of the molecule is CN1CCN(C(=O)C(F)(F)[C@]2(F)OC(F)(F)C(F)(F)C2(F)F)CC1. The molecule has 2 aliphatic rings. The minimum absolute atomic E-state index is 0.00464. The average Bonchev–Trinajstić information content (AvgIpc) is 2.55. The lowest BCUT2D eigenvalue weighted by atomic mass is 9.98. The van der Waals surface area contributed by atoms with Gasteiger partial charge in [-0.05, 0) is 7.05 Å². The summed E-state index contributed by atoms with van der Waals surface area (Å²) in [5.74, 6) is -28.0. The summed E-state index contributed by atoms with van der Waals surface area (Å²) >= 11 is 0. The van der Waals surface area contributed by atoms with E-state index in [0.29, 0.717) is 0 Å². The van der Waals surface area contributed by atoms with Crippen LogP contribution in [0.1, 0.15) is 0 Å². The molecule has 1 amide bonds. The molecule has 140 valence electrons. The lowest BCUT2D eigenvalue weighted by molar-refractivity contribution is -0.368. The number of halogens is 9. The number of rotatable bonds is 2. The summed E-state index contributed by atoms with van der Waals surface area (Å²) in [5, 5.41) is 0. The van der Waals surface area contributed by atoms with Crippen LogP contribution in [0.25, 0.3) is 0 Å². The summed E-state index contributed by atoms with van der Waals surface area (Å²) < 4.78 is 123. The molecular weight excluding hydrogens is 363 g/mol. The van der Waals surface area contributed by atoms with E-state index in [1.807, 2.05) is 0 Å². The van der Waals surface area contributed by atoms with E-state index in [0.717, 1.165) is 0 Å². The number of alkyl halides is 9. The first kappa shape index (κ1) is 19.1. The predicted octanol–water partition coefficient (Wildman–Crippen LogP) is 1.96. The summed E-state index contributed by atoms with van der Waals surface area (Å²) in [4.78, 5) is 13.4. The van der Waals surface area contributed by atoms with Crippen molar-refractivity contribution in [3.63, 3.8) is 0 Å². The molecule has 2 fully saturated rings. The number of piperazine rings is 1. The average molecular weight is 374 g/mol. The summed E-state index contributed by atoms with van der Waals surface area (Å²) in [6.45, 7) is -0.909. The van der Waals surface area contributed by atoms with Crippen molar-refractivity contribution in [2.24, 2.45) is 0 Å². The highest BCUT2D eigenvalue weighted by Gasteiger charge is 2.96. The second-order valence-corrected chi connectivity index (χ2v) is 5.53. The molecule has 0 aliphatic carbocycles. The Hall–Kier alpha value is -1.24. The Kier molecular flexibility index (Phi) is 4.08. The quantitative estimate of drug-likeness (QED) is 0.693. The fraction of sp³-hybridized carbons (Fsp3) is 0.909. The standard InChI is InChI=1S/C11H11F9N2O2/c1-21-2-4-22(5-3-21)6(23)7(12,13)10(18)8(14,15)9(16,17)11(19,20)24-10/h2-5H2,1H3/t10-/m0/s1. The number of hydrogen-bond acceptors (Lipinski definition) is 3. The maximum atomic E-state index is 14.0. The second-order valence-electron chi connectivity index (χ2n) is 5.53. The summed E-state index contributed by atoms with van der Waals surface area (Å²) in [6.07, 6.45) is -6.23. The first-order chi connectivity index (χ1) is 10.6. The maximum Gasteiger partial charge on any atom is 0.428 e. The van der Waals surface area contributed by atoms with E-state index in [-0.39, 0.29) is 18.0 Å². The Bertz CT molecular complexity index is 534. The largest absolute Gasteiger partial charge is 0.428 e. The number of carbonyl (C=O) groups is 1. The molecule has 0 aromatic heterocycles. The number of hydrogen-bond donors (Lipinski definition) is 0. The smallest absolute Gasteiger partial charge is 0.335 e. The second kappa shape index (κ2) is 5.13. The van der Waals surface area contributed by atoms with E-state index in [4.69, 9.17) is 0 Å². The Balaban J connectivity index is 2.39. The van der Waals surface area contributed by atoms with Gasteiger partial charge in [0.2, 0.25) is 0 Å². The Labute approximate surface area is 129 Å². The number of likely N-dealkylation sites (N-methyl/N-ethyl adjacent to an activating group) is 1. The van der Waals surface area contributed by atoms with Gasteiger partial charge in [0.25, 0.3) is 5.91 Å². The molecule has 1 atom stereocenters. The zero-order chi connectivity index (χ0) is 18.8. The van der Waals surface area contributed by atoms with Gasteiger partial charge in [-0.3, -0.25) is 9.53 Å². The van der Waals surface area contributed by atoms with Crippen LogP contribution in [0, 0.1) is 0 Å². The zero-order valence-electron chi connectivity index (χ0n) is 11.9. The zero-order valence-corrected chi connectivity index (χ0v) is 11.9. The van der Waals surface area contributed by atoms with Gasteiger partial charge in [-0.2, -0.15) is 39.5 Å². The van der Waals surface area contributed by atoms with Crippen LogP contribution in [-0.2, 0) is 9.53 Å². The van der Waals surface area contributed by atoms with Crippen molar-refractivity contribution in [1.82, 2.24) is 9.80 Å². The van der Waals surface area contributed by atoms with Gasteiger partial charge in [0.1, 0.15) is 0 Å². The number of carbonyl (C=O) groups excluding carboxylic acids is 1. The van der Waals surface area contributed by atoms with Crippen LogP contribution in [0.5, 0.6) is 0 Å². The third kappa shape index (κ3) is 2.20. The third-order valence-electron chi connectivity index (χ3n) is 3.90. The van der Waals surface area contributed by atoms with Gasteiger partial charge in [0, 0.05) is 26.2 Å². The molecule has 0 radical (unpaired) electrons. The van der Waals surface area contributed by atoms with E-state index in [9.17, 15) is 44.3 Å². The maximum absolute atomic E-state index is 14.0. The first-order valence-electron chi connectivity index (χ1n) is 6.50. The first-order valence-corrected chi connectivity index (χ1v) is 6.50. The molecule has 0 aromatic rings. The molecule has 24 heavy (non-hydrogen) atoms. The van der Waals surface area contributed by atoms with Crippen molar-refractivity contribution in [2.75, 3.05) is 33.2 Å². The topological polar surface area (TPSA) is 32.8 Å². The van der Waals surface area contributed by atoms with Gasteiger partial charge in [-0.15, -0.1) is 0 Å². The van der Waals surface area contributed by atoms with Crippen molar-refractivity contribution < 1.29 is 49.0 Å². The minimum atomic E-state index is -6.64. The lowest BCUT2D eigenvalue weighted by Crippen LogP contribution is -2.66. The molecule has 0 aromatic carbocycles. The molecule has 0 spiro atoms. The third-order valence-corrected chi connectivity index (χ3v) is 3.90. The summed E-state index contributed by atoms with van der Waals surface area (Å²) in [6, 6.07) is 0. The van der Waals surface area contributed by atoms with E-state index < -0.39 is 48.7 Å². The molecule has 2 aliphatic heterocycles. The van der Waals surface area contributed by atoms with Crippen LogP contribution in [-0.4, -0.2) is 78.7 Å². The van der Waals surface area contributed by atoms with E-state index in [1.54, 1.807) is 4.90 Å². The van der Waals surface area contributed by atoms with Crippen molar-refractivity contribution in [3.8, 4) is 0 Å². The van der Waals surface area contributed by atoms with Crippen molar-refractivity contribution >= 4 is 5.91 Å². The van der Waals surface area contributed by atoms with Gasteiger partial charge >= 0.3 is 29.7 Å². The Morgan fingerprint density at radius 1 is 0.917 bits per heavy atom. The fourth-order valence-corrected chi connectivity index (χ4v) is 2.30. The van der Waals surface area contributed by atoms with Crippen LogP contribution < -0.4 is 0 Å². The van der Waals surface area contributed by atoms with Gasteiger partial charge < -0.3 is 9.80 Å². The highest BCUT2D eigenvalue weighted by atomic mass is 19.4. The monoisotopic (exact) mass is 374 g/mol. The molecule has 2 heterocycles. The van der Waals surface area contributed by atoms with Crippen molar-refractivity contribution in [2.45, 2.75) is 29.7 Å². The highest BCUT2D eigenvalue weighted by Crippen LogP contribution is 2.64. The van der Waals surface area contributed by atoms with Crippen molar-refractivity contribution in [3.05, 3.63) is 0 Å². The van der Waals surface area contributed by atoms with E-state index in [2.05, 4.69) is 4.74 Å². The number of nitrogens with zero attached hydrogens (tertiary/aromatic N) is 2. The number of amides is 1.